The van der Waals surface area contributed by atoms with Gasteiger partial charge in [-0.3, -0.25) is 0 Å². The van der Waals surface area contributed by atoms with Crippen LogP contribution in [0.25, 0.3) is 0 Å². The maximum atomic E-state index is 10.6. The number of carbonyl (C=O) groups is 1. The van der Waals surface area contributed by atoms with Crippen molar-refractivity contribution < 1.29 is 19.0 Å². The number of urea groups is 1. The van der Waals surface area contributed by atoms with E-state index in [4.69, 9.17) is 43.1 Å². The van der Waals surface area contributed by atoms with Crippen LogP contribution in [0, 0.1) is 0 Å². The minimum Gasteiger partial charge on any atom is -0.493 e. The van der Waals surface area contributed by atoms with Gasteiger partial charge in [0.2, 0.25) is 0 Å². The highest BCUT2D eigenvalue weighted by Gasteiger charge is 2.11. The molecule has 2 amide bonds. The quantitative estimate of drug-likeness (QED) is 0.372. The van der Waals surface area contributed by atoms with Crippen LogP contribution in [0.2, 0.25) is 10.0 Å². The first-order chi connectivity index (χ1) is 13.0. The summed E-state index contributed by atoms with van der Waals surface area (Å²) >= 11 is 12.3. The maximum Gasteiger partial charge on any atom is 0.332 e. The molecular formula is C18H19Cl2N3O4. The summed E-state index contributed by atoms with van der Waals surface area (Å²) in [6.45, 7) is 0.810. The van der Waals surface area contributed by atoms with Crippen molar-refractivity contribution in [3.63, 3.8) is 0 Å². The lowest BCUT2D eigenvalue weighted by atomic mass is 10.2. The van der Waals surface area contributed by atoms with Crippen molar-refractivity contribution in [2.75, 3.05) is 20.3 Å². The molecule has 0 bridgehead atoms. The van der Waals surface area contributed by atoms with E-state index in [0.29, 0.717) is 52.5 Å². The Morgan fingerprint density at radius 2 is 1.89 bits per heavy atom. The molecular weight excluding hydrogens is 393 g/mol. The molecule has 27 heavy (non-hydrogen) atoms. The van der Waals surface area contributed by atoms with Gasteiger partial charge in [0.25, 0.3) is 0 Å². The number of benzene rings is 2. The molecule has 2 rings (SSSR count). The number of ether oxygens (including phenoxy) is 3. The molecule has 0 aliphatic carbocycles. The first-order valence-corrected chi connectivity index (χ1v) is 8.73. The number of hydrazone groups is 1. The predicted molar refractivity (Wildman–Crippen MR) is 105 cm³/mol. The number of halogens is 2. The third kappa shape index (κ3) is 6.54. The maximum absolute atomic E-state index is 10.6. The van der Waals surface area contributed by atoms with Crippen molar-refractivity contribution >= 4 is 35.4 Å². The summed E-state index contributed by atoms with van der Waals surface area (Å²) < 4.78 is 16.6. The fourth-order valence-corrected chi connectivity index (χ4v) is 2.57. The van der Waals surface area contributed by atoms with Gasteiger partial charge < -0.3 is 19.9 Å². The normalized spacial score (nSPS) is 10.6. The number of hydrogen-bond donors (Lipinski definition) is 2. The number of methoxy groups -OCH3 is 1. The van der Waals surface area contributed by atoms with E-state index in [-0.39, 0.29) is 0 Å². The Labute approximate surface area is 167 Å². The van der Waals surface area contributed by atoms with Crippen molar-refractivity contribution in [2.45, 2.75) is 6.42 Å². The van der Waals surface area contributed by atoms with E-state index >= 15 is 0 Å². The first kappa shape index (κ1) is 20.7. The second-order valence-electron chi connectivity index (χ2n) is 5.25. The molecule has 144 valence electrons. The molecule has 0 aliphatic heterocycles. The molecule has 0 fully saturated rings. The number of nitrogens with zero attached hydrogens (tertiary/aromatic N) is 1. The van der Waals surface area contributed by atoms with Gasteiger partial charge in [0.05, 0.1) is 36.6 Å². The van der Waals surface area contributed by atoms with Gasteiger partial charge in [-0.25, -0.2) is 10.2 Å². The number of hydrogen-bond acceptors (Lipinski definition) is 5. The van der Waals surface area contributed by atoms with Crippen LogP contribution in [-0.4, -0.2) is 32.6 Å². The van der Waals surface area contributed by atoms with Crippen LogP contribution in [0.5, 0.6) is 17.2 Å². The van der Waals surface area contributed by atoms with Crippen LogP contribution < -0.4 is 25.4 Å². The highest BCUT2D eigenvalue weighted by molar-refractivity contribution is 6.32. The molecule has 2 aromatic carbocycles. The highest BCUT2D eigenvalue weighted by atomic mass is 35.5. The van der Waals surface area contributed by atoms with Crippen molar-refractivity contribution in [1.29, 1.82) is 0 Å². The lowest BCUT2D eigenvalue weighted by Gasteiger charge is -2.13. The molecule has 0 saturated carbocycles. The first-order valence-electron chi connectivity index (χ1n) is 7.97. The van der Waals surface area contributed by atoms with Gasteiger partial charge in [0.1, 0.15) is 5.75 Å². The Morgan fingerprint density at radius 1 is 1.15 bits per heavy atom. The van der Waals surface area contributed by atoms with Crippen LogP contribution in [0.1, 0.15) is 12.0 Å². The van der Waals surface area contributed by atoms with Crippen LogP contribution in [0.4, 0.5) is 4.79 Å². The zero-order chi connectivity index (χ0) is 19.6. The number of amides is 2. The second-order valence-corrected chi connectivity index (χ2v) is 6.06. The SMILES string of the molecule is COc1cc(C=NNC(N)=O)cc(Cl)c1OCCCOc1ccccc1Cl. The highest BCUT2D eigenvalue weighted by Crippen LogP contribution is 2.36. The summed E-state index contributed by atoms with van der Waals surface area (Å²) in [4.78, 5) is 10.6. The number of nitrogens with one attached hydrogen (secondary N) is 1. The average Bonchev–Trinajstić information content (AvgIpc) is 2.63. The van der Waals surface area contributed by atoms with E-state index in [9.17, 15) is 4.79 Å². The molecule has 0 unspecified atom stereocenters. The summed E-state index contributed by atoms with van der Waals surface area (Å²) in [5.74, 6) is 1.48. The zero-order valence-corrected chi connectivity index (χ0v) is 16.1. The number of nitrogens with two attached hydrogens (primary N) is 1. The Morgan fingerprint density at radius 3 is 2.59 bits per heavy atom. The van der Waals surface area contributed by atoms with E-state index in [1.54, 1.807) is 24.3 Å². The third-order valence-electron chi connectivity index (χ3n) is 3.27. The van der Waals surface area contributed by atoms with Crippen LogP contribution in [0.3, 0.4) is 0 Å². The lowest BCUT2D eigenvalue weighted by molar-refractivity contribution is 0.240. The molecule has 0 saturated heterocycles. The molecule has 2 aromatic rings. The molecule has 0 aromatic heterocycles. The smallest absolute Gasteiger partial charge is 0.332 e. The topological polar surface area (TPSA) is 95.2 Å². The van der Waals surface area contributed by atoms with Crippen LogP contribution in [-0.2, 0) is 0 Å². The Kier molecular flexibility index (Phi) is 8.03. The molecule has 7 nitrogen and oxygen atoms in total. The van der Waals surface area contributed by atoms with E-state index in [1.165, 1.54) is 13.3 Å². The zero-order valence-electron chi connectivity index (χ0n) is 14.6. The molecule has 3 N–H and O–H groups in total. The third-order valence-corrected chi connectivity index (χ3v) is 3.86. The van der Waals surface area contributed by atoms with E-state index in [1.807, 2.05) is 12.1 Å². The predicted octanol–water partition coefficient (Wildman–Crippen LogP) is 3.85. The van der Waals surface area contributed by atoms with Crippen LogP contribution in [0.15, 0.2) is 41.5 Å². The average molecular weight is 412 g/mol. The molecule has 0 spiro atoms. The summed E-state index contributed by atoms with van der Waals surface area (Å²) in [5.41, 5.74) is 7.65. The van der Waals surface area contributed by atoms with Gasteiger partial charge in [-0.1, -0.05) is 35.3 Å². The van der Waals surface area contributed by atoms with Crippen molar-refractivity contribution in [3.8, 4) is 17.2 Å². The Hall–Kier alpha value is -2.64. The van der Waals surface area contributed by atoms with Gasteiger partial charge in [0, 0.05) is 6.42 Å². The van der Waals surface area contributed by atoms with E-state index < -0.39 is 6.03 Å². The fraction of sp³-hybridized carbons (Fsp3) is 0.222. The molecule has 0 heterocycles. The molecule has 0 aliphatic rings. The minimum absolute atomic E-state index is 0.349. The van der Waals surface area contributed by atoms with E-state index in [0.717, 1.165) is 0 Å². The summed E-state index contributed by atoms with van der Waals surface area (Å²) in [6.07, 6.45) is 2.01. The minimum atomic E-state index is -0.761. The second kappa shape index (κ2) is 10.5. The molecule has 0 radical (unpaired) electrons. The largest absolute Gasteiger partial charge is 0.493 e. The summed E-state index contributed by atoms with van der Waals surface area (Å²) in [7, 11) is 1.50. The van der Waals surface area contributed by atoms with Gasteiger partial charge in [-0.15, -0.1) is 0 Å². The van der Waals surface area contributed by atoms with Gasteiger partial charge >= 0.3 is 6.03 Å². The van der Waals surface area contributed by atoms with Crippen molar-refractivity contribution in [1.82, 2.24) is 5.43 Å². The number of rotatable bonds is 9. The Balaban J connectivity index is 1.90. The Bertz CT molecular complexity index is 815. The summed E-state index contributed by atoms with van der Waals surface area (Å²) in [6, 6.07) is 9.80. The van der Waals surface area contributed by atoms with Gasteiger partial charge in [-0.2, -0.15) is 5.10 Å². The van der Waals surface area contributed by atoms with Crippen molar-refractivity contribution in [2.24, 2.45) is 10.8 Å². The number of carbonyl (C=O) groups excluding carboxylic acids is 1. The lowest BCUT2D eigenvalue weighted by Crippen LogP contribution is -2.24. The van der Waals surface area contributed by atoms with Crippen LogP contribution >= 0.6 is 23.2 Å². The summed E-state index contributed by atoms with van der Waals surface area (Å²) in [5, 5.41) is 4.59. The number of primary amides is 1. The van der Waals surface area contributed by atoms with Gasteiger partial charge in [0.15, 0.2) is 11.5 Å². The van der Waals surface area contributed by atoms with Crippen molar-refractivity contribution in [3.05, 3.63) is 52.0 Å². The van der Waals surface area contributed by atoms with E-state index in [2.05, 4.69) is 10.5 Å². The standard InChI is InChI=1S/C18H19Cl2N3O4/c1-25-16-10-12(11-22-23-18(21)24)9-14(20)17(16)27-8-4-7-26-15-6-3-2-5-13(15)19/h2-3,5-6,9-11H,4,7-8H2,1H3,(H3,21,23,24). The fourth-order valence-electron chi connectivity index (χ4n) is 2.10. The number of para-hydroxylation sites is 1. The monoisotopic (exact) mass is 411 g/mol. The van der Waals surface area contributed by atoms with Gasteiger partial charge in [-0.05, 0) is 29.8 Å². The molecule has 9 heteroatoms. The molecule has 0 atom stereocenters.